The van der Waals surface area contributed by atoms with E-state index in [1.165, 1.54) is 34.6 Å². The van der Waals surface area contributed by atoms with Gasteiger partial charge in [-0.2, -0.15) is 4.31 Å². The summed E-state index contributed by atoms with van der Waals surface area (Å²) in [5.74, 6) is -0.701. The van der Waals surface area contributed by atoms with Crippen molar-refractivity contribution >= 4 is 21.7 Å². The fourth-order valence-electron chi connectivity index (χ4n) is 2.90. The number of hydrogen-bond donors (Lipinski definition) is 0. The van der Waals surface area contributed by atoms with Crippen LogP contribution in [0, 0.1) is 17.0 Å². The molecule has 0 N–H and O–H groups in total. The molecule has 1 aliphatic rings. The van der Waals surface area contributed by atoms with Gasteiger partial charge in [-0.1, -0.05) is 18.2 Å². The number of ether oxygens (including phenoxy) is 2. The molecular formula is C19H20N2O7S. The van der Waals surface area contributed by atoms with Crippen LogP contribution in [0.25, 0.3) is 0 Å². The molecule has 154 valence electrons. The first-order chi connectivity index (χ1) is 13.8. The number of carbonyl (C=O) groups is 1. The second-order valence-electron chi connectivity index (χ2n) is 6.50. The number of esters is 1. The van der Waals surface area contributed by atoms with Crippen LogP contribution in [-0.2, 0) is 26.1 Å². The Bertz CT molecular complexity index is 1030. The van der Waals surface area contributed by atoms with Gasteiger partial charge in [-0.05, 0) is 30.2 Å². The van der Waals surface area contributed by atoms with Gasteiger partial charge < -0.3 is 9.47 Å². The predicted molar refractivity (Wildman–Crippen MR) is 103 cm³/mol. The predicted octanol–water partition coefficient (Wildman–Crippen LogP) is 2.28. The summed E-state index contributed by atoms with van der Waals surface area (Å²) in [5.41, 5.74) is 1.05. The number of rotatable bonds is 6. The first kappa shape index (κ1) is 20.9. The maximum atomic E-state index is 12.8. The molecule has 0 aliphatic carbocycles. The topological polar surface area (TPSA) is 116 Å². The van der Waals surface area contributed by atoms with Crippen LogP contribution < -0.4 is 0 Å². The van der Waals surface area contributed by atoms with E-state index in [1.807, 2.05) is 0 Å². The summed E-state index contributed by atoms with van der Waals surface area (Å²) in [7, 11) is -3.75. The lowest BCUT2D eigenvalue weighted by Gasteiger charge is -2.26. The van der Waals surface area contributed by atoms with E-state index in [0.717, 1.165) is 0 Å². The molecule has 1 fully saturated rings. The number of carbonyl (C=O) groups excluding carboxylic acids is 1. The zero-order valence-electron chi connectivity index (χ0n) is 15.7. The van der Waals surface area contributed by atoms with Crippen LogP contribution in [0.3, 0.4) is 0 Å². The van der Waals surface area contributed by atoms with Crippen molar-refractivity contribution in [1.82, 2.24) is 4.31 Å². The van der Waals surface area contributed by atoms with Crippen molar-refractivity contribution in [3.05, 3.63) is 69.3 Å². The average molecular weight is 420 g/mol. The molecule has 0 atom stereocenters. The van der Waals surface area contributed by atoms with Gasteiger partial charge in [-0.3, -0.25) is 10.1 Å². The maximum absolute atomic E-state index is 12.8. The van der Waals surface area contributed by atoms with E-state index in [9.17, 15) is 23.3 Å². The van der Waals surface area contributed by atoms with Crippen LogP contribution in [-0.4, -0.2) is 49.9 Å². The van der Waals surface area contributed by atoms with Crippen molar-refractivity contribution in [3.8, 4) is 0 Å². The number of benzene rings is 2. The molecule has 0 spiro atoms. The Balaban J connectivity index is 1.78. The Hall–Kier alpha value is -2.82. The SMILES string of the molecule is Cc1ccc(S(=O)(=O)N2CCOCC2)cc1C(=O)OCc1cccc([N+](=O)[O-])c1. The van der Waals surface area contributed by atoms with E-state index in [1.54, 1.807) is 19.1 Å². The van der Waals surface area contributed by atoms with Crippen molar-refractivity contribution < 1.29 is 27.6 Å². The van der Waals surface area contributed by atoms with Gasteiger partial charge in [0.25, 0.3) is 5.69 Å². The molecule has 2 aromatic rings. The Morgan fingerprint density at radius 1 is 1.21 bits per heavy atom. The van der Waals surface area contributed by atoms with Crippen LogP contribution >= 0.6 is 0 Å². The average Bonchev–Trinajstić information content (AvgIpc) is 2.73. The van der Waals surface area contributed by atoms with Crippen molar-refractivity contribution in [1.29, 1.82) is 0 Å². The van der Waals surface area contributed by atoms with E-state index in [4.69, 9.17) is 9.47 Å². The number of aryl methyl sites for hydroxylation is 1. The zero-order chi connectivity index (χ0) is 21.0. The molecule has 9 nitrogen and oxygen atoms in total. The third kappa shape index (κ3) is 4.78. The fourth-order valence-corrected chi connectivity index (χ4v) is 4.34. The highest BCUT2D eigenvalue weighted by Gasteiger charge is 2.27. The number of sulfonamides is 1. The lowest BCUT2D eigenvalue weighted by atomic mass is 10.1. The maximum Gasteiger partial charge on any atom is 0.338 e. The summed E-state index contributed by atoms with van der Waals surface area (Å²) in [6.45, 7) is 2.66. The molecule has 10 heteroatoms. The molecule has 1 saturated heterocycles. The van der Waals surface area contributed by atoms with Crippen molar-refractivity contribution in [2.24, 2.45) is 0 Å². The van der Waals surface area contributed by atoms with E-state index < -0.39 is 20.9 Å². The highest BCUT2D eigenvalue weighted by molar-refractivity contribution is 7.89. The molecule has 0 aromatic heterocycles. The summed E-state index contributed by atoms with van der Waals surface area (Å²) in [5, 5.41) is 10.8. The van der Waals surface area contributed by atoms with Crippen LogP contribution in [0.5, 0.6) is 0 Å². The smallest absolute Gasteiger partial charge is 0.338 e. The summed E-state index contributed by atoms with van der Waals surface area (Å²) in [6, 6.07) is 10.1. The van der Waals surface area contributed by atoms with Crippen LogP contribution in [0.4, 0.5) is 5.69 Å². The first-order valence-corrected chi connectivity index (χ1v) is 10.3. The van der Waals surface area contributed by atoms with Gasteiger partial charge in [0.1, 0.15) is 6.61 Å². The third-order valence-electron chi connectivity index (χ3n) is 4.53. The summed E-state index contributed by atoms with van der Waals surface area (Å²) in [6.07, 6.45) is 0. The summed E-state index contributed by atoms with van der Waals surface area (Å²) in [4.78, 5) is 22.9. The highest BCUT2D eigenvalue weighted by Crippen LogP contribution is 2.22. The number of hydrogen-bond acceptors (Lipinski definition) is 7. The number of nitro groups is 1. The Labute approximate surface area is 168 Å². The second kappa shape index (κ2) is 8.68. The molecule has 0 amide bonds. The molecule has 2 aromatic carbocycles. The molecule has 0 radical (unpaired) electrons. The summed E-state index contributed by atoms with van der Waals surface area (Å²) >= 11 is 0. The van der Waals surface area contributed by atoms with Gasteiger partial charge in [0.15, 0.2) is 0 Å². The minimum Gasteiger partial charge on any atom is -0.457 e. The molecular weight excluding hydrogens is 400 g/mol. The van der Waals surface area contributed by atoms with Gasteiger partial charge in [0, 0.05) is 25.2 Å². The van der Waals surface area contributed by atoms with E-state index >= 15 is 0 Å². The minimum atomic E-state index is -3.75. The van der Waals surface area contributed by atoms with Crippen molar-refractivity contribution in [3.63, 3.8) is 0 Å². The fraction of sp³-hybridized carbons (Fsp3) is 0.316. The van der Waals surface area contributed by atoms with Crippen LogP contribution in [0.1, 0.15) is 21.5 Å². The lowest BCUT2D eigenvalue weighted by Crippen LogP contribution is -2.40. The van der Waals surface area contributed by atoms with Crippen molar-refractivity contribution in [2.75, 3.05) is 26.3 Å². The normalized spacial score (nSPS) is 15.1. The number of morpholine rings is 1. The van der Waals surface area contributed by atoms with Crippen molar-refractivity contribution in [2.45, 2.75) is 18.4 Å². The molecule has 1 aliphatic heterocycles. The second-order valence-corrected chi connectivity index (χ2v) is 8.43. The Morgan fingerprint density at radius 3 is 2.62 bits per heavy atom. The van der Waals surface area contributed by atoms with E-state index in [-0.39, 0.29) is 35.8 Å². The molecule has 1 heterocycles. The Morgan fingerprint density at radius 2 is 1.93 bits per heavy atom. The molecule has 29 heavy (non-hydrogen) atoms. The standard InChI is InChI=1S/C19H20N2O7S/c1-14-5-6-17(29(25,26)20-7-9-27-10-8-20)12-18(14)19(22)28-13-15-3-2-4-16(11-15)21(23)24/h2-6,11-12H,7-10,13H2,1H3. The van der Waals surface area contributed by atoms with Gasteiger partial charge in [0.2, 0.25) is 10.0 Å². The van der Waals surface area contributed by atoms with Gasteiger partial charge in [0.05, 0.1) is 28.6 Å². The quantitative estimate of drug-likeness (QED) is 0.400. The Kier molecular flexibility index (Phi) is 6.26. The third-order valence-corrected chi connectivity index (χ3v) is 6.42. The minimum absolute atomic E-state index is 0.00676. The molecule has 0 bridgehead atoms. The summed E-state index contributed by atoms with van der Waals surface area (Å²) < 4.78 is 37.4. The lowest BCUT2D eigenvalue weighted by molar-refractivity contribution is -0.384. The molecule has 3 rings (SSSR count). The zero-order valence-corrected chi connectivity index (χ0v) is 16.6. The van der Waals surface area contributed by atoms with E-state index in [2.05, 4.69) is 0 Å². The molecule has 0 unspecified atom stereocenters. The highest BCUT2D eigenvalue weighted by atomic mass is 32.2. The largest absolute Gasteiger partial charge is 0.457 e. The first-order valence-electron chi connectivity index (χ1n) is 8.88. The van der Waals surface area contributed by atoms with Crippen LogP contribution in [0.2, 0.25) is 0 Å². The number of nitro benzene ring substituents is 1. The van der Waals surface area contributed by atoms with Crippen LogP contribution in [0.15, 0.2) is 47.4 Å². The van der Waals surface area contributed by atoms with Gasteiger partial charge in [-0.15, -0.1) is 0 Å². The number of nitrogens with zero attached hydrogens (tertiary/aromatic N) is 2. The number of non-ortho nitro benzene ring substituents is 1. The van der Waals surface area contributed by atoms with Gasteiger partial charge >= 0.3 is 5.97 Å². The van der Waals surface area contributed by atoms with Gasteiger partial charge in [-0.25, -0.2) is 13.2 Å². The van der Waals surface area contributed by atoms with E-state index in [0.29, 0.717) is 24.3 Å². The monoisotopic (exact) mass is 420 g/mol. The molecule has 0 saturated carbocycles.